The van der Waals surface area contributed by atoms with Crippen LogP contribution in [0.2, 0.25) is 0 Å². The van der Waals surface area contributed by atoms with E-state index < -0.39 is 35.6 Å². The lowest BCUT2D eigenvalue weighted by atomic mass is 9.86. The predicted octanol–water partition coefficient (Wildman–Crippen LogP) is 6.27. The molecule has 15 nitrogen and oxygen atoms in total. The van der Waals surface area contributed by atoms with Gasteiger partial charge in [-0.15, -0.1) is 0 Å². The molecule has 3 aromatic heterocycles. The van der Waals surface area contributed by atoms with Crippen molar-refractivity contribution in [3.63, 3.8) is 0 Å². The van der Waals surface area contributed by atoms with Crippen molar-refractivity contribution in [2.24, 2.45) is 5.92 Å². The second-order valence-corrected chi connectivity index (χ2v) is 15.6. The number of Topliss-reactive ketones (excluding diaryl/α,β-unsaturated/α-hetero) is 1. The molecule has 60 heavy (non-hydrogen) atoms. The number of rotatable bonds is 15. The van der Waals surface area contributed by atoms with E-state index in [2.05, 4.69) is 42.7 Å². The number of nitrogens with one attached hydrogen (secondary N) is 2. The van der Waals surface area contributed by atoms with Crippen molar-refractivity contribution in [1.29, 1.82) is 0 Å². The molecular weight excluding hydrogens is 777 g/mol. The van der Waals surface area contributed by atoms with Crippen LogP contribution in [0, 0.1) is 5.92 Å². The number of hydrogen-bond acceptors (Lipinski definition) is 11. The number of nitrogens with zero attached hydrogens (tertiary/aromatic N) is 7. The van der Waals surface area contributed by atoms with E-state index in [1.807, 2.05) is 30.3 Å². The third kappa shape index (κ3) is 8.91. The van der Waals surface area contributed by atoms with Gasteiger partial charge in [-0.25, -0.2) is 18.3 Å². The highest BCUT2D eigenvalue weighted by Crippen LogP contribution is 2.36. The highest BCUT2D eigenvalue weighted by molar-refractivity contribution is 6.49. The Morgan fingerprint density at radius 1 is 0.983 bits per heavy atom. The van der Waals surface area contributed by atoms with Crippen molar-refractivity contribution in [2.45, 2.75) is 63.8 Å². The maximum Gasteiger partial charge on any atom is 0.299 e. The number of para-hydroxylation sites is 1. The second kappa shape index (κ2) is 18.0. The van der Waals surface area contributed by atoms with E-state index in [4.69, 9.17) is 9.47 Å². The Bertz CT molecular complexity index is 2390. The van der Waals surface area contributed by atoms with E-state index >= 15 is 0 Å². The minimum absolute atomic E-state index is 0.0169. The fourth-order valence-corrected chi connectivity index (χ4v) is 8.34. The molecule has 8 rings (SSSR count). The van der Waals surface area contributed by atoms with E-state index in [0.717, 1.165) is 70.0 Å². The van der Waals surface area contributed by atoms with Crippen LogP contribution < -0.4 is 20.3 Å². The number of imide groups is 1. The summed E-state index contributed by atoms with van der Waals surface area (Å²) >= 11 is 0. The molecule has 2 aromatic carbocycles. The van der Waals surface area contributed by atoms with E-state index in [-0.39, 0.29) is 34.2 Å². The summed E-state index contributed by atoms with van der Waals surface area (Å²) in [5.41, 5.74) is 1.11. The number of hydrogen-bond donors (Lipinski definition) is 2. The first-order chi connectivity index (χ1) is 29.1. The third-order valence-electron chi connectivity index (χ3n) is 11.5. The third-order valence-corrected chi connectivity index (χ3v) is 11.5. The highest BCUT2D eigenvalue weighted by Gasteiger charge is 2.33. The zero-order valence-electron chi connectivity index (χ0n) is 33.3. The van der Waals surface area contributed by atoms with Gasteiger partial charge in [-0.1, -0.05) is 30.7 Å². The van der Waals surface area contributed by atoms with Gasteiger partial charge in [-0.05, 0) is 94.3 Å². The smallest absolute Gasteiger partial charge is 0.299 e. The summed E-state index contributed by atoms with van der Waals surface area (Å²) in [5.74, 6) is -0.968. The number of ether oxygens (including phenoxy) is 2. The molecule has 0 atom stereocenters. The van der Waals surface area contributed by atoms with Gasteiger partial charge in [0, 0.05) is 37.6 Å². The Morgan fingerprint density at radius 2 is 1.77 bits per heavy atom. The summed E-state index contributed by atoms with van der Waals surface area (Å²) in [6, 6.07) is 14.0. The molecule has 1 aliphatic carbocycles. The van der Waals surface area contributed by atoms with Gasteiger partial charge in [0.25, 0.3) is 29.9 Å². The number of anilines is 2. The lowest BCUT2D eigenvalue weighted by Crippen LogP contribution is -2.42. The van der Waals surface area contributed by atoms with Gasteiger partial charge in [-0.2, -0.15) is 10.2 Å². The number of benzene rings is 2. The Hall–Kier alpha value is -6.07. The van der Waals surface area contributed by atoms with E-state index in [0.29, 0.717) is 49.4 Å². The molecule has 0 spiro atoms. The summed E-state index contributed by atoms with van der Waals surface area (Å²) in [6.45, 7) is 4.39. The number of aromatic nitrogens is 5. The number of alkyl halides is 2. The molecule has 5 aromatic rings. The molecule has 3 amide bonds. The quantitative estimate of drug-likeness (QED) is 0.0695. The minimum atomic E-state index is -2.86. The normalized spacial score (nSPS) is 18.3. The van der Waals surface area contributed by atoms with Crippen LogP contribution in [0.4, 0.5) is 20.3 Å². The van der Waals surface area contributed by atoms with Crippen LogP contribution in [0.5, 0.6) is 11.5 Å². The molecule has 2 aliphatic heterocycles. The number of amides is 3. The van der Waals surface area contributed by atoms with Gasteiger partial charge in [-0.3, -0.25) is 29.2 Å². The number of aryl methyl sites for hydroxylation is 1. The Balaban J connectivity index is 0.795. The maximum atomic E-state index is 14.2. The molecule has 2 N–H and O–H groups in total. The number of morpholine rings is 1. The zero-order valence-corrected chi connectivity index (χ0v) is 33.3. The fourth-order valence-electron chi connectivity index (χ4n) is 8.34. The molecule has 314 valence electrons. The second-order valence-electron chi connectivity index (χ2n) is 15.6. The summed E-state index contributed by atoms with van der Waals surface area (Å²) < 4.78 is 43.1. The Morgan fingerprint density at radius 3 is 2.57 bits per heavy atom. The van der Waals surface area contributed by atoms with Crippen molar-refractivity contribution >= 4 is 40.7 Å². The molecule has 1 saturated carbocycles. The fraction of sp³-hybridized carbons (Fsp3) is 0.419. The minimum Gasteiger partial charge on any atom is -0.456 e. The maximum absolute atomic E-state index is 14.2. The lowest BCUT2D eigenvalue weighted by molar-refractivity contribution is -0.116. The van der Waals surface area contributed by atoms with Crippen molar-refractivity contribution in [3.05, 3.63) is 95.1 Å². The molecular formula is C43H47F2N9O6. The van der Waals surface area contributed by atoms with Crippen molar-refractivity contribution in [3.8, 4) is 11.5 Å². The molecule has 1 saturated heterocycles. The molecule has 2 fully saturated rings. The number of unbranched alkanes of at least 4 members (excludes halogenated alkanes) is 2. The van der Waals surface area contributed by atoms with Crippen LogP contribution in [-0.2, 0) is 16.0 Å². The van der Waals surface area contributed by atoms with Gasteiger partial charge >= 0.3 is 0 Å². The van der Waals surface area contributed by atoms with Gasteiger partial charge in [0.15, 0.2) is 11.3 Å². The first-order valence-electron chi connectivity index (χ1n) is 20.5. The molecule has 0 unspecified atom stereocenters. The van der Waals surface area contributed by atoms with Crippen LogP contribution in [0.1, 0.15) is 99.7 Å². The molecule has 5 heterocycles. The van der Waals surface area contributed by atoms with Crippen molar-refractivity contribution < 1.29 is 37.4 Å². The summed E-state index contributed by atoms with van der Waals surface area (Å²) in [6.07, 6.45) is 8.95. The van der Waals surface area contributed by atoms with Crippen LogP contribution in [0.25, 0.3) is 5.65 Å². The molecule has 3 aliphatic rings. The topological polar surface area (TPSA) is 165 Å². The van der Waals surface area contributed by atoms with E-state index in [1.54, 1.807) is 23.0 Å². The van der Waals surface area contributed by atoms with Gasteiger partial charge in [0.1, 0.15) is 22.9 Å². The SMILES string of the molecule is CN(CCCCCc1ccccc1Oc1cccc2c1C(=O)NC(=O)C2=O)CC1CCC(n2cc(NC(=O)c3cnn4ccc(N5CCOCC5)nc34)c(C(F)F)n2)CC1. The molecule has 17 heteroatoms. The number of carbonyl (C=O) groups excluding carboxylic acids is 4. The molecule has 0 radical (unpaired) electrons. The first-order valence-corrected chi connectivity index (χ1v) is 20.5. The van der Waals surface area contributed by atoms with Crippen LogP contribution in [0.15, 0.2) is 67.1 Å². The van der Waals surface area contributed by atoms with Crippen molar-refractivity contribution in [2.75, 3.05) is 56.7 Å². The Kier molecular flexibility index (Phi) is 12.2. The van der Waals surface area contributed by atoms with Crippen molar-refractivity contribution in [1.82, 2.24) is 34.6 Å². The number of carbonyl (C=O) groups is 4. The van der Waals surface area contributed by atoms with Gasteiger partial charge < -0.3 is 24.6 Å². The van der Waals surface area contributed by atoms with Crippen LogP contribution >= 0.6 is 0 Å². The summed E-state index contributed by atoms with van der Waals surface area (Å²) in [7, 11) is 2.13. The van der Waals surface area contributed by atoms with E-state index in [1.165, 1.54) is 23.0 Å². The number of fused-ring (bicyclic) bond motifs is 2. The molecule has 0 bridgehead atoms. The standard InChI is InChI=1S/C43H47F2N9O6/c1-51(18-6-2-3-8-28-9-4-5-11-33(28)60-34-12-7-10-30-36(34)42(57)49-43(58)38(30)55)25-27-13-15-29(16-14-27)54-26-32(37(50-54)39(44)45)47-41(56)31-24-46-53-19-17-35(48-40(31)53)52-20-22-59-23-21-52/h4-5,7,9-12,17,19,24,26-27,29,39H,2-3,6,8,13-16,18,20-23,25H2,1H3,(H,47,56)(H,49,57,58). The van der Waals surface area contributed by atoms with Gasteiger partial charge in [0.2, 0.25) is 0 Å². The average molecular weight is 824 g/mol. The van der Waals surface area contributed by atoms with Crippen LogP contribution in [0.3, 0.4) is 0 Å². The Labute approximate surface area is 345 Å². The van der Waals surface area contributed by atoms with Crippen LogP contribution in [-0.4, -0.2) is 99.2 Å². The summed E-state index contributed by atoms with van der Waals surface area (Å²) in [4.78, 5) is 59.3. The highest BCUT2D eigenvalue weighted by atomic mass is 19.3. The number of halogens is 2. The predicted molar refractivity (Wildman–Crippen MR) is 217 cm³/mol. The number of ketones is 1. The average Bonchev–Trinajstić information content (AvgIpc) is 3.88. The first kappa shape index (κ1) is 40.7. The monoisotopic (exact) mass is 823 g/mol. The summed E-state index contributed by atoms with van der Waals surface area (Å²) in [5, 5.41) is 13.3. The largest absolute Gasteiger partial charge is 0.456 e. The van der Waals surface area contributed by atoms with E-state index in [9.17, 15) is 28.0 Å². The lowest BCUT2D eigenvalue weighted by Gasteiger charge is -2.31. The van der Waals surface area contributed by atoms with Gasteiger partial charge in [0.05, 0.1) is 36.7 Å². The zero-order chi connectivity index (χ0) is 41.8.